The minimum absolute atomic E-state index is 0.0328. The Balaban J connectivity index is 1.28. The Bertz CT molecular complexity index is 745. The van der Waals surface area contributed by atoms with E-state index < -0.39 is 0 Å². The third-order valence-electron chi connectivity index (χ3n) is 9.19. The standard InChI is InChI=1S/C26H39N3O/c1-26(24-19-13-17-12-18(15-19)16-20(24)14-17)11-5-4-6-23(26)28-25(30)27-21-7-9-22(10-8-21)29(2)3/h7-10,17-20,23-24H,4-6,11-16H2,1-3H3,(H2,27,28,30). The molecule has 5 aliphatic rings. The summed E-state index contributed by atoms with van der Waals surface area (Å²) in [5, 5.41) is 6.54. The first kappa shape index (κ1) is 20.2. The smallest absolute Gasteiger partial charge is 0.319 e. The zero-order valence-electron chi connectivity index (χ0n) is 19.0. The lowest BCUT2D eigenvalue weighted by atomic mass is 9.44. The molecule has 2 atom stereocenters. The first-order valence-corrected chi connectivity index (χ1v) is 12.3. The molecule has 0 aliphatic heterocycles. The molecule has 2 amide bonds. The molecule has 0 spiro atoms. The van der Waals surface area contributed by atoms with Gasteiger partial charge in [0, 0.05) is 31.5 Å². The quantitative estimate of drug-likeness (QED) is 0.651. The highest BCUT2D eigenvalue weighted by Crippen LogP contribution is 2.63. The fraction of sp³-hybridized carbons (Fsp3) is 0.731. The van der Waals surface area contributed by atoms with Crippen LogP contribution in [0.1, 0.15) is 64.7 Å². The second-order valence-electron chi connectivity index (χ2n) is 11.3. The van der Waals surface area contributed by atoms with Gasteiger partial charge in [0.2, 0.25) is 0 Å². The molecule has 0 heterocycles. The number of anilines is 2. The third kappa shape index (κ3) is 3.61. The first-order chi connectivity index (χ1) is 14.4. The van der Waals surface area contributed by atoms with Crippen LogP contribution in [0.3, 0.4) is 0 Å². The number of rotatable bonds is 4. The van der Waals surface area contributed by atoms with Gasteiger partial charge in [-0.2, -0.15) is 0 Å². The number of amides is 2. The van der Waals surface area contributed by atoms with Gasteiger partial charge in [-0.3, -0.25) is 0 Å². The minimum Gasteiger partial charge on any atom is -0.378 e. The maximum absolute atomic E-state index is 12.9. The summed E-state index contributed by atoms with van der Waals surface area (Å²) in [6.45, 7) is 2.52. The van der Waals surface area contributed by atoms with Crippen molar-refractivity contribution in [2.24, 2.45) is 35.0 Å². The fourth-order valence-corrected chi connectivity index (χ4v) is 8.16. The van der Waals surface area contributed by atoms with Gasteiger partial charge in [-0.15, -0.1) is 0 Å². The Morgan fingerprint density at radius 3 is 2.20 bits per heavy atom. The van der Waals surface area contributed by atoms with Gasteiger partial charge in [0.15, 0.2) is 0 Å². The lowest BCUT2D eigenvalue weighted by molar-refractivity contribution is -0.111. The van der Waals surface area contributed by atoms with Gasteiger partial charge in [-0.05, 0) is 104 Å². The predicted octanol–water partition coefficient (Wildman–Crippen LogP) is 5.90. The van der Waals surface area contributed by atoms with Gasteiger partial charge < -0.3 is 15.5 Å². The van der Waals surface area contributed by atoms with E-state index in [1.54, 1.807) is 0 Å². The number of hydrogen-bond donors (Lipinski definition) is 2. The van der Waals surface area contributed by atoms with E-state index in [1.807, 2.05) is 26.2 Å². The van der Waals surface area contributed by atoms with E-state index >= 15 is 0 Å². The monoisotopic (exact) mass is 409 g/mol. The number of benzene rings is 1. The molecule has 164 valence electrons. The summed E-state index contributed by atoms with van der Waals surface area (Å²) >= 11 is 0. The van der Waals surface area contributed by atoms with Crippen molar-refractivity contribution in [3.8, 4) is 0 Å². The number of urea groups is 1. The van der Waals surface area contributed by atoms with E-state index in [0.29, 0.717) is 6.04 Å². The summed E-state index contributed by atoms with van der Waals surface area (Å²) in [7, 11) is 4.06. The Morgan fingerprint density at radius 2 is 1.60 bits per heavy atom. The van der Waals surface area contributed by atoms with Gasteiger partial charge in [-0.1, -0.05) is 19.8 Å². The zero-order valence-corrected chi connectivity index (χ0v) is 19.0. The molecule has 5 aliphatic carbocycles. The Hall–Kier alpha value is -1.71. The highest BCUT2D eigenvalue weighted by Gasteiger charge is 2.56. The van der Waals surface area contributed by atoms with Gasteiger partial charge in [-0.25, -0.2) is 4.79 Å². The van der Waals surface area contributed by atoms with E-state index in [2.05, 4.69) is 34.6 Å². The van der Waals surface area contributed by atoms with Gasteiger partial charge in [0.05, 0.1) is 0 Å². The van der Waals surface area contributed by atoms with E-state index in [1.165, 1.54) is 51.4 Å². The summed E-state index contributed by atoms with van der Waals surface area (Å²) < 4.78 is 0. The molecule has 4 heteroatoms. The lowest BCUT2D eigenvalue weighted by Crippen LogP contribution is -2.59. The molecular formula is C26H39N3O. The van der Waals surface area contributed by atoms with Crippen LogP contribution < -0.4 is 15.5 Å². The lowest BCUT2D eigenvalue weighted by Gasteiger charge is -2.61. The third-order valence-corrected chi connectivity index (χ3v) is 9.19. The molecule has 5 fully saturated rings. The van der Waals surface area contributed by atoms with Gasteiger partial charge in [0.25, 0.3) is 0 Å². The van der Waals surface area contributed by atoms with Crippen LogP contribution in [0.4, 0.5) is 16.2 Å². The second kappa shape index (κ2) is 7.76. The van der Waals surface area contributed by atoms with Crippen molar-refractivity contribution < 1.29 is 4.79 Å². The van der Waals surface area contributed by atoms with Crippen LogP contribution in [0.2, 0.25) is 0 Å². The Morgan fingerprint density at radius 1 is 0.967 bits per heavy atom. The van der Waals surface area contributed by atoms with Crippen molar-refractivity contribution in [3.63, 3.8) is 0 Å². The summed E-state index contributed by atoms with van der Waals surface area (Å²) in [6, 6.07) is 8.35. The molecule has 5 saturated carbocycles. The number of nitrogens with one attached hydrogen (secondary N) is 2. The molecule has 2 unspecified atom stereocenters. The van der Waals surface area contributed by atoms with Crippen LogP contribution in [-0.4, -0.2) is 26.2 Å². The molecule has 1 aromatic carbocycles. The van der Waals surface area contributed by atoms with Crippen molar-refractivity contribution in [1.82, 2.24) is 5.32 Å². The molecule has 30 heavy (non-hydrogen) atoms. The SMILES string of the molecule is CN(C)c1ccc(NC(=O)NC2CCCCC2(C)C2C3CC4CC(C3)CC2C4)cc1. The predicted molar refractivity (Wildman–Crippen MR) is 124 cm³/mol. The van der Waals surface area contributed by atoms with E-state index in [9.17, 15) is 4.79 Å². The van der Waals surface area contributed by atoms with Crippen LogP contribution in [-0.2, 0) is 0 Å². The highest BCUT2D eigenvalue weighted by molar-refractivity contribution is 5.89. The van der Waals surface area contributed by atoms with Crippen LogP contribution in [0, 0.1) is 35.0 Å². The largest absolute Gasteiger partial charge is 0.378 e. The maximum Gasteiger partial charge on any atom is 0.319 e. The molecule has 0 radical (unpaired) electrons. The average molecular weight is 410 g/mol. The zero-order chi connectivity index (χ0) is 20.9. The van der Waals surface area contributed by atoms with E-state index in [4.69, 9.17) is 0 Å². The first-order valence-electron chi connectivity index (χ1n) is 12.3. The van der Waals surface area contributed by atoms with E-state index in [-0.39, 0.29) is 11.4 Å². The number of carbonyl (C=O) groups excluding carboxylic acids is 1. The average Bonchev–Trinajstić information content (AvgIpc) is 2.69. The minimum atomic E-state index is -0.0328. The molecule has 1 aromatic rings. The van der Waals surface area contributed by atoms with Gasteiger partial charge >= 0.3 is 6.03 Å². The molecule has 4 bridgehead atoms. The molecule has 0 aromatic heterocycles. The Kier molecular flexibility index (Phi) is 5.23. The van der Waals surface area contributed by atoms with Crippen molar-refractivity contribution in [2.45, 2.75) is 70.8 Å². The molecule has 6 rings (SSSR count). The van der Waals surface area contributed by atoms with Crippen molar-refractivity contribution in [1.29, 1.82) is 0 Å². The summed E-state index contributed by atoms with van der Waals surface area (Å²) in [4.78, 5) is 15.0. The number of nitrogens with zero attached hydrogens (tertiary/aromatic N) is 1. The topological polar surface area (TPSA) is 44.4 Å². The molecule has 0 saturated heterocycles. The van der Waals surface area contributed by atoms with Crippen molar-refractivity contribution >= 4 is 17.4 Å². The maximum atomic E-state index is 12.9. The molecule has 2 N–H and O–H groups in total. The summed E-state index contributed by atoms with van der Waals surface area (Å²) in [6.07, 6.45) is 12.3. The van der Waals surface area contributed by atoms with Crippen LogP contribution in [0.15, 0.2) is 24.3 Å². The highest BCUT2D eigenvalue weighted by atomic mass is 16.2. The van der Waals surface area contributed by atoms with Crippen molar-refractivity contribution in [2.75, 3.05) is 24.3 Å². The summed E-state index contributed by atoms with van der Waals surface area (Å²) in [5.74, 6) is 4.66. The van der Waals surface area contributed by atoms with Crippen LogP contribution >= 0.6 is 0 Å². The normalized spacial score (nSPS) is 39.6. The van der Waals surface area contributed by atoms with Gasteiger partial charge in [0.1, 0.15) is 0 Å². The number of carbonyl (C=O) groups is 1. The number of hydrogen-bond acceptors (Lipinski definition) is 2. The molecular weight excluding hydrogens is 370 g/mol. The van der Waals surface area contributed by atoms with Crippen LogP contribution in [0.5, 0.6) is 0 Å². The fourth-order valence-electron chi connectivity index (χ4n) is 8.16. The van der Waals surface area contributed by atoms with Crippen molar-refractivity contribution in [3.05, 3.63) is 24.3 Å². The summed E-state index contributed by atoms with van der Waals surface area (Å²) in [5.41, 5.74) is 2.26. The van der Waals surface area contributed by atoms with Crippen LogP contribution in [0.25, 0.3) is 0 Å². The Labute approximate surface area is 182 Å². The van der Waals surface area contributed by atoms with E-state index in [0.717, 1.165) is 47.4 Å². The molecule has 4 nitrogen and oxygen atoms in total. The second-order valence-corrected chi connectivity index (χ2v) is 11.3.